The molecule has 0 N–H and O–H groups in total. The van der Waals surface area contributed by atoms with Gasteiger partial charge in [0.25, 0.3) is 0 Å². The summed E-state index contributed by atoms with van der Waals surface area (Å²) in [5.41, 5.74) is 0.694. The summed E-state index contributed by atoms with van der Waals surface area (Å²) in [4.78, 5) is 14.0. The van der Waals surface area contributed by atoms with Gasteiger partial charge in [-0.25, -0.2) is 4.79 Å². The number of nitrogens with zero attached hydrogens (tertiary/aromatic N) is 1. The first-order chi connectivity index (χ1) is 9.60. The van der Waals surface area contributed by atoms with E-state index in [0.29, 0.717) is 18.7 Å². The second-order valence-corrected chi connectivity index (χ2v) is 4.91. The average Bonchev–Trinajstić information content (AvgIpc) is 2.50. The standard InChI is InChI=1S/C15H19Cl2NO2/c1-3-18(4-2)10-11-20-15(19)14(17)13(16)12-8-6-5-7-9-12/h5-9H,3-4,10-11H2,1-2H3. The molecule has 0 unspecified atom stereocenters. The third-order valence-electron chi connectivity index (χ3n) is 2.93. The zero-order chi connectivity index (χ0) is 15.0. The molecule has 0 saturated heterocycles. The van der Waals surface area contributed by atoms with E-state index in [4.69, 9.17) is 27.9 Å². The van der Waals surface area contributed by atoms with Gasteiger partial charge in [0.2, 0.25) is 0 Å². The van der Waals surface area contributed by atoms with Crippen molar-refractivity contribution in [2.75, 3.05) is 26.2 Å². The van der Waals surface area contributed by atoms with E-state index in [0.717, 1.165) is 13.1 Å². The molecule has 0 saturated carbocycles. The Labute approximate surface area is 130 Å². The average molecular weight is 316 g/mol. The van der Waals surface area contributed by atoms with Crippen molar-refractivity contribution in [1.82, 2.24) is 4.90 Å². The van der Waals surface area contributed by atoms with Gasteiger partial charge in [-0.1, -0.05) is 67.4 Å². The number of halogens is 2. The fourth-order valence-corrected chi connectivity index (χ4v) is 2.04. The summed E-state index contributed by atoms with van der Waals surface area (Å²) >= 11 is 12.0. The molecular weight excluding hydrogens is 297 g/mol. The highest BCUT2D eigenvalue weighted by molar-refractivity contribution is 6.59. The van der Waals surface area contributed by atoms with E-state index in [1.165, 1.54) is 0 Å². The predicted octanol–water partition coefficient (Wildman–Crippen LogP) is 3.72. The molecule has 5 heteroatoms. The van der Waals surface area contributed by atoms with Crippen molar-refractivity contribution in [1.29, 1.82) is 0 Å². The molecule has 0 radical (unpaired) electrons. The molecule has 20 heavy (non-hydrogen) atoms. The SMILES string of the molecule is CCN(CC)CCOC(=O)C(Cl)=C(Cl)c1ccccc1. The number of rotatable bonds is 7. The summed E-state index contributed by atoms with van der Waals surface area (Å²) in [6.45, 7) is 6.95. The van der Waals surface area contributed by atoms with Crippen molar-refractivity contribution in [3.63, 3.8) is 0 Å². The second kappa shape index (κ2) is 9.01. The Morgan fingerprint density at radius 1 is 1.15 bits per heavy atom. The molecule has 1 aromatic rings. The van der Waals surface area contributed by atoms with Gasteiger partial charge in [0, 0.05) is 6.54 Å². The molecule has 0 aromatic heterocycles. The molecule has 0 amide bonds. The summed E-state index contributed by atoms with van der Waals surface area (Å²) in [7, 11) is 0. The minimum atomic E-state index is -0.590. The third-order valence-corrected chi connectivity index (χ3v) is 3.78. The molecule has 0 aliphatic carbocycles. The maximum atomic E-state index is 11.8. The number of esters is 1. The fraction of sp³-hybridized carbons (Fsp3) is 0.400. The number of benzene rings is 1. The van der Waals surface area contributed by atoms with Crippen molar-refractivity contribution in [2.45, 2.75) is 13.8 Å². The fourth-order valence-electron chi connectivity index (χ4n) is 1.67. The van der Waals surface area contributed by atoms with Crippen LogP contribution in [0.2, 0.25) is 0 Å². The van der Waals surface area contributed by atoms with Gasteiger partial charge in [-0.2, -0.15) is 0 Å². The highest BCUT2D eigenvalue weighted by atomic mass is 35.5. The zero-order valence-corrected chi connectivity index (χ0v) is 13.2. The van der Waals surface area contributed by atoms with E-state index < -0.39 is 5.97 Å². The van der Waals surface area contributed by atoms with Gasteiger partial charge < -0.3 is 9.64 Å². The van der Waals surface area contributed by atoms with Crippen LogP contribution < -0.4 is 0 Å². The van der Waals surface area contributed by atoms with Crippen molar-refractivity contribution >= 4 is 34.2 Å². The number of hydrogen-bond donors (Lipinski definition) is 0. The zero-order valence-electron chi connectivity index (χ0n) is 11.7. The highest BCUT2D eigenvalue weighted by Crippen LogP contribution is 2.25. The minimum Gasteiger partial charge on any atom is -0.460 e. The van der Waals surface area contributed by atoms with Gasteiger partial charge in [-0.3, -0.25) is 0 Å². The Hall–Kier alpha value is -1.03. The Morgan fingerprint density at radius 2 is 1.75 bits per heavy atom. The van der Waals surface area contributed by atoms with E-state index >= 15 is 0 Å². The first kappa shape index (κ1) is 17.0. The predicted molar refractivity (Wildman–Crippen MR) is 83.8 cm³/mol. The molecular formula is C15H19Cl2NO2. The number of likely N-dealkylation sites (N-methyl/N-ethyl adjacent to an activating group) is 1. The van der Waals surface area contributed by atoms with Crippen LogP contribution in [-0.2, 0) is 9.53 Å². The monoisotopic (exact) mass is 315 g/mol. The Morgan fingerprint density at radius 3 is 2.30 bits per heavy atom. The minimum absolute atomic E-state index is 0.0857. The molecule has 0 aliphatic rings. The van der Waals surface area contributed by atoms with Crippen LogP contribution >= 0.6 is 23.2 Å². The van der Waals surface area contributed by atoms with Crippen LogP contribution in [0.3, 0.4) is 0 Å². The second-order valence-electron chi connectivity index (χ2n) is 4.16. The van der Waals surface area contributed by atoms with Gasteiger partial charge in [0.1, 0.15) is 11.6 Å². The van der Waals surface area contributed by atoms with Gasteiger partial charge in [0.15, 0.2) is 0 Å². The summed E-state index contributed by atoms with van der Waals surface area (Å²) < 4.78 is 5.13. The number of hydrogen-bond acceptors (Lipinski definition) is 3. The Kier molecular flexibility index (Phi) is 7.67. The van der Waals surface area contributed by atoms with Crippen LogP contribution in [0.15, 0.2) is 35.4 Å². The number of ether oxygens (including phenoxy) is 1. The van der Waals surface area contributed by atoms with Crippen LogP contribution in [0, 0.1) is 0 Å². The lowest BCUT2D eigenvalue weighted by Crippen LogP contribution is -2.27. The van der Waals surface area contributed by atoms with E-state index in [1.807, 2.05) is 18.2 Å². The van der Waals surface area contributed by atoms with Gasteiger partial charge >= 0.3 is 5.97 Å². The molecule has 0 bridgehead atoms. The number of carbonyl (C=O) groups excluding carboxylic acids is 1. The lowest BCUT2D eigenvalue weighted by molar-refractivity contribution is -0.138. The molecule has 0 fully saturated rings. The highest BCUT2D eigenvalue weighted by Gasteiger charge is 2.15. The summed E-state index contributed by atoms with van der Waals surface area (Å²) in [5.74, 6) is -0.590. The van der Waals surface area contributed by atoms with Crippen molar-refractivity contribution in [3.8, 4) is 0 Å². The summed E-state index contributed by atoms with van der Waals surface area (Å²) in [6, 6.07) is 9.09. The van der Waals surface area contributed by atoms with Crippen molar-refractivity contribution < 1.29 is 9.53 Å². The van der Waals surface area contributed by atoms with E-state index in [2.05, 4.69) is 18.7 Å². The topological polar surface area (TPSA) is 29.5 Å². The van der Waals surface area contributed by atoms with Gasteiger partial charge in [-0.05, 0) is 18.7 Å². The third kappa shape index (κ3) is 5.16. The van der Waals surface area contributed by atoms with Gasteiger partial charge in [0.05, 0.1) is 5.03 Å². The smallest absolute Gasteiger partial charge is 0.351 e. The lowest BCUT2D eigenvalue weighted by atomic mass is 10.2. The first-order valence-electron chi connectivity index (χ1n) is 6.60. The first-order valence-corrected chi connectivity index (χ1v) is 7.35. The maximum Gasteiger partial charge on any atom is 0.351 e. The Bertz CT molecular complexity index is 456. The molecule has 1 rings (SSSR count). The largest absolute Gasteiger partial charge is 0.460 e. The summed E-state index contributed by atoms with van der Waals surface area (Å²) in [6.07, 6.45) is 0. The molecule has 3 nitrogen and oxygen atoms in total. The Balaban J connectivity index is 2.58. The van der Waals surface area contributed by atoms with E-state index in [9.17, 15) is 4.79 Å². The van der Waals surface area contributed by atoms with Crippen LogP contribution in [0.25, 0.3) is 5.03 Å². The van der Waals surface area contributed by atoms with Crippen LogP contribution in [-0.4, -0.2) is 37.1 Å². The molecule has 0 heterocycles. The molecule has 0 spiro atoms. The van der Waals surface area contributed by atoms with Crippen molar-refractivity contribution in [2.24, 2.45) is 0 Å². The van der Waals surface area contributed by atoms with Crippen LogP contribution in [0.4, 0.5) is 0 Å². The van der Waals surface area contributed by atoms with Crippen LogP contribution in [0.5, 0.6) is 0 Å². The van der Waals surface area contributed by atoms with Gasteiger partial charge in [-0.15, -0.1) is 0 Å². The molecule has 1 aromatic carbocycles. The lowest BCUT2D eigenvalue weighted by Gasteiger charge is -2.17. The van der Waals surface area contributed by atoms with E-state index in [1.54, 1.807) is 12.1 Å². The molecule has 0 atom stereocenters. The summed E-state index contributed by atoms with van der Waals surface area (Å²) in [5, 5.41) is 0.123. The van der Waals surface area contributed by atoms with E-state index in [-0.39, 0.29) is 10.1 Å². The quantitative estimate of drug-likeness (QED) is 0.567. The molecule has 110 valence electrons. The maximum absolute atomic E-state index is 11.8. The molecule has 0 aliphatic heterocycles. The van der Waals surface area contributed by atoms with Crippen LogP contribution in [0.1, 0.15) is 19.4 Å². The number of carbonyl (C=O) groups is 1. The van der Waals surface area contributed by atoms with Crippen molar-refractivity contribution in [3.05, 3.63) is 40.9 Å². The normalized spacial score (nSPS) is 12.2.